The third kappa shape index (κ3) is 5.59. The molecule has 0 aromatic carbocycles. The van der Waals surface area contributed by atoms with E-state index in [0.29, 0.717) is 5.69 Å². The maximum atomic E-state index is 11.8. The van der Waals surface area contributed by atoms with Gasteiger partial charge in [-0.15, -0.1) is 0 Å². The predicted molar refractivity (Wildman–Crippen MR) is 85.7 cm³/mol. The van der Waals surface area contributed by atoms with E-state index in [4.69, 9.17) is 0 Å². The molecule has 1 rings (SSSR count). The minimum Gasteiger partial charge on any atom is -0.391 e. The lowest BCUT2D eigenvalue weighted by molar-refractivity contribution is 0.104. The number of pyridine rings is 1. The maximum absolute atomic E-state index is 11.8. The smallest absolute Gasteiger partial charge is 0.319 e. The van der Waals surface area contributed by atoms with Crippen LogP contribution in [0.4, 0.5) is 16.3 Å². The molecular weight excluding hydrogens is 268 g/mol. The second kappa shape index (κ2) is 8.46. The van der Waals surface area contributed by atoms with Crippen molar-refractivity contribution in [3.8, 4) is 0 Å². The Morgan fingerprint density at radius 1 is 1.33 bits per heavy atom. The Morgan fingerprint density at radius 3 is 2.48 bits per heavy atom. The summed E-state index contributed by atoms with van der Waals surface area (Å²) in [6.07, 6.45) is 2.89. The van der Waals surface area contributed by atoms with Gasteiger partial charge in [0.05, 0.1) is 18.0 Å². The molecule has 0 bridgehead atoms. The number of aromatic nitrogens is 1. The Bertz CT molecular complexity index is 430. The van der Waals surface area contributed by atoms with E-state index < -0.39 is 6.10 Å². The molecule has 118 valence electrons. The average Bonchev–Trinajstić information content (AvgIpc) is 2.47. The number of amides is 2. The fraction of sp³-hybridized carbons (Fsp3) is 0.600. The summed E-state index contributed by atoms with van der Waals surface area (Å²) < 4.78 is 0. The first-order valence-corrected chi connectivity index (χ1v) is 7.34. The van der Waals surface area contributed by atoms with Crippen LogP contribution in [-0.2, 0) is 0 Å². The fourth-order valence-electron chi connectivity index (χ4n) is 2.10. The SMILES string of the molecule is CCC(CC)C(O)CNC(=O)Nc1ccc(N(C)C)nc1. The molecule has 1 unspecified atom stereocenters. The molecule has 0 fully saturated rings. The van der Waals surface area contributed by atoms with Crippen molar-refractivity contribution in [3.05, 3.63) is 18.3 Å². The van der Waals surface area contributed by atoms with Gasteiger partial charge in [0.25, 0.3) is 0 Å². The highest BCUT2D eigenvalue weighted by molar-refractivity contribution is 5.89. The number of hydrogen-bond donors (Lipinski definition) is 3. The summed E-state index contributed by atoms with van der Waals surface area (Å²) in [6.45, 7) is 4.33. The van der Waals surface area contributed by atoms with E-state index in [-0.39, 0.29) is 18.5 Å². The molecule has 21 heavy (non-hydrogen) atoms. The molecule has 0 aliphatic carbocycles. The van der Waals surface area contributed by atoms with Crippen LogP contribution >= 0.6 is 0 Å². The van der Waals surface area contributed by atoms with E-state index in [2.05, 4.69) is 15.6 Å². The zero-order valence-electron chi connectivity index (χ0n) is 13.3. The first kappa shape index (κ1) is 17.2. The number of urea groups is 1. The van der Waals surface area contributed by atoms with Crippen molar-refractivity contribution in [2.45, 2.75) is 32.8 Å². The van der Waals surface area contributed by atoms with Gasteiger partial charge in [0, 0.05) is 20.6 Å². The molecule has 1 heterocycles. The zero-order valence-corrected chi connectivity index (χ0v) is 13.3. The van der Waals surface area contributed by atoms with Crippen molar-refractivity contribution in [2.24, 2.45) is 5.92 Å². The molecular formula is C15H26N4O2. The lowest BCUT2D eigenvalue weighted by Gasteiger charge is -2.20. The number of nitrogens with zero attached hydrogens (tertiary/aromatic N) is 2. The van der Waals surface area contributed by atoms with Crippen molar-refractivity contribution < 1.29 is 9.90 Å². The van der Waals surface area contributed by atoms with Crippen molar-refractivity contribution in [1.29, 1.82) is 0 Å². The molecule has 0 aliphatic rings. The fourth-order valence-corrected chi connectivity index (χ4v) is 2.10. The zero-order chi connectivity index (χ0) is 15.8. The Morgan fingerprint density at radius 2 is 2.00 bits per heavy atom. The molecule has 0 spiro atoms. The number of rotatable bonds is 7. The van der Waals surface area contributed by atoms with Crippen LogP contribution in [0.3, 0.4) is 0 Å². The van der Waals surface area contributed by atoms with Crippen LogP contribution in [0.15, 0.2) is 18.3 Å². The average molecular weight is 294 g/mol. The number of carbonyl (C=O) groups excluding carboxylic acids is 1. The number of hydrogen-bond acceptors (Lipinski definition) is 4. The monoisotopic (exact) mass is 294 g/mol. The van der Waals surface area contributed by atoms with Crippen LogP contribution < -0.4 is 15.5 Å². The Kier molecular flexibility index (Phi) is 6.94. The number of carbonyl (C=O) groups is 1. The van der Waals surface area contributed by atoms with Crippen molar-refractivity contribution in [2.75, 3.05) is 30.9 Å². The van der Waals surface area contributed by atoms with Crippen molar-refractivity contribution in [1.82, 2.24) is 10.3 Å². The van der Waals surface area contributed by atoms with Gasteiger partial charge >= 0.3 is 6.03 Å². The summed E-state index contributed by atoms with van der Waals surface area (Å²) in [4.78, 5) is 17.9. The molecule has 1 aromatic heterocycles. The molecule has 6 heteroatoms. The van der Waals surface area contributed by atoms with Gasteiger partial charge in [-0.05, 0) is 18.1 Å². The third-order valence-corrected chi connectivity index (χ3v) is 3.53. The van der Waals surface area contributed by atoms with Gasteiger partial charge in [-0.2, -0.15) is 0 Å². The number of nitrogens with one attached hydrogen (secondary N) is 2. The summed E-state index contributed by atoms with van der Waals surface area (Å²) in [5.74, 6) is 1.04. The van der Waals surface area contributed by atoms with Gasteiger partial charge in [0.2, 0.25) is 0 Å². The maximum Gasteiger partial charge on any atom is 0.319 e. The summed E-state index contributed by atoms with van der Waals surface area (Å²) in [7, 11) is 3.81. The van der Waals surface area contributed by atoms with Gasteiger partial charge in [0.1, 0.15) is 5.82 Å². The molecule has 0 aliphatic heterocycles. The van der Waals surface area contributed by atoms with E-state index in [9.17, 15) is 9.90 Å². The molecule has 3 N–H and O–H groups in total. The minimum absolute atomic E-state index is 0.214. The summed E-state index contributed by atoms with van der Waals surface area (Å²) >= 11 is 0. The van der Waals surface area contributed by atoms with Crippen LogP contribution in [0.2, 0.25) is 0 Å². The predicted octanol–water partition coefficient (Wildman–Crippen LogP) is 2.07. The highest BCUT2D eigenvalue weighted by Crippen LogP contribution is 2.13. The summed E-state index contributed by atoms with van der Waals surface area (Å²) in [5.41, 5.74) is 0.620. The molecule has 0 saturated heterocycles. The minimum atomic E-state index is -0.514. The molecule has 2 amide bonds. The third-order valence-electron chi connectivity index (χ3n) is 3.53. The standard InChI is InChI=1S/C15H26N4O2/c1-5-11(6-2)13(20)10-17-15(21)18-12-7-8-14(16-9-12)19(3)4/h7-9,11,13,20H,5-6,10H2,1-4H3,(H2,17,18,21). The van der Waals surface area contributed by atoms with E-state index in [1.54, 1.807) is 12.3 Å². The van der Waals surface area contributed by atoms with E-state index in [1.165, 1.54) is 0 Å². The second-order valence-corrected chi connectivity index (χ2v) is 5.28. The first-order chi connectivity index (χ1) is 9.97. The highest BCUT2D eigenvalue weighted by atomic mass is 16.3. The Labute approximate surface area is 126 Å². The Hall–Kier alpha value is -1.82. The van der Waals surface area contributed by atoms with E-state index >= 15 is 0 Å². The van der Waals surface area contributed by atoms with Gasteiger partial charge < -0.3 is 20.6 Å². The highest BCUT2D eigenvalue weighted by Gasteiger charge is 2.16. The largest absolute Gasteiger partial charge is 0.391 e. The first-order valence-electron chi connectivity index (χ1n) is 7.34. The number of aliphatic hydroxyl groups is 1. The topological polar surface area (TPSA) is 77.5 Å². The Balaban J connectivity index is 2.43. The summed E-state index contributed by atoms with van der Waals surface area (Å²) in [6, 6.07) is 3.29. The quantitative estimate of drug-likeness (QED) is 0.719. The van der Waals surface area contributed by atoms with Gasteiger partial charge in [-0.1, -0.05) is 26.7 Å². The van der Waals surface area contributed by atoms with Crippen molar-refractivity contribution >= 4 is 17.5 Å². The summed E-state index contributed by atoms with van der Waals surface area (Å²) in [5, 5.41) is 15.3. The number of anilines is 2. The van der Waals surface area contributed by atoms with Gasteiger partial charge in [0.15, 0.2) is 0 Å². The molecule has 1 atom stereocenters. The van der Waals surface area contributed by atoms with Crippen LogP contribution in [-0.4, -0.2) is 42.9 Å². The molecule has 0 radical (unpaired) electrons. The lowest BCUT2D eigenvalue weighted by atomic mass is 9.97. The second-order valence-electron chi connectivity index (χ2n) is 5.28. The molecule has 1 aromatic rings. The van der Waals surface area contributed by atoms with E-state index in [1.807, 2.05) is 38.9 Å². The lowest BCUT2D eigenvalue weighted by Crippen LogP contribution is -2.38. The van der Waals surface area contributed by atoms with Crippen molar-refractivity contribution in [3.63, 3.8) is 0 Å². The molecule has 6 nitrogen and oxygen atoms in total. The van der Waals surface area contributed by atoms with Gasteiger partial charge in [-0.3, -0.25) is 0 Å². The normalized spacial score (nSPS) is 12.1. The van der Waals surface area contributed by atoms with Crippen LogP contribution in [0.1, 0.15) is 26.7 Å². The van der Waals surface area contributed by atoms with Gasteiger partial charge in [-0.25, -0.2) is 9.78 Å². The molecule has 0 saturated carbocycles. The van der Waals surface area contributed by atoms with Crippen LogP contribution in [0.5, 0.6) is 0 Å². The van der Waals surface area contributed by atoms with Crippen LogP contribution in [0, 0.1) is 5.92 Å². The number of aliphatic hydroxyl groups excluding tert-OH is 1. The van der Waals surface area contributed by atoms with E-state index in [0.717, 1.165) is 18.7 Å². The van der Waals surface area contributed by atoms with Crippen LogP contribution in [0.25, 0.3) is 0 Å².